The van der Waals surface area contributed by atoms with Crippen molar-refractivity contribution in [3.63, 3.8) is 0 Å². The van der Waals surface area contributed by atoms with E-state index in [1.807, 2.05) is 6.07 Å². The van der Waals surface area contributed by atoms with Crippen molar-refractivity contribution in [2.45, 2.75) is 79.1 Å². The van der Waals surface area contributed by atoms with E-state index in [-0.39, 0.29) is 22.7 Å². The van der Waals surface area contributed by atoms with E-state index in [9.17, 15) is 15.3 Å². The molecule has 0 heterocycles. The number of phenolic OH excluding ortho intramolecular Hbond substituents is 3. The minimum atomic E-state index is -0.356. The lowest BCUT2D eigenvalue weighted by molar-refractivity contribution is 0.352. The van der Waals surface area contributed by atoms with Crippen LogP contribution in [0.15, 0.2) is 6.07 Å². The van der Waals surface area contributed by atoms with Crippen LogP contribution in [0, 0.1) is 10.8 Å². The minimum Gasteiger partial charge on any atom is -0.504 e. The molecule has 0 amide bonds. The smallest absolute Gasteiger partial charge is 0.200 e. The summed E-state index contributed by atoms with van der Waals surface area (Å²) < 4.78 is 0. The highest BCUT2D eigenvalue weighted by Crippen LogP contribution is 2.49. The fourth-order valence-corrected chi connectivity index (χ4v) is 3.12. The molecule has 1 aliphatic rings. The van der Waals surface area contributed by atoms with E-state index in [4.69, 9.17) is 0 Å². The third-order valence-corrected chi connectivity index (χ3v) is 5.11. The first-order valence-electron chi connectivity index (χ1n) is 8.87. The zero-order chi connectivity index (χ0) is 17.3. The van der Waals surface area contributed by atoms with Gasteiger partial charge in [-0.05, 0) is 79.4 Å². The Morgan fingerprint density at radius 3 is 1.91 bits per heavy atom. The summed E-state index contributed by atoms with van der Waals surface area (Å²) in [6.45, 7) is 8.90. The zero-order valence-electron chi connectivity index (χ0n) is 15.1. The Balaban J connectivity index is 2.02. The molecule has 1 aliphatic carbocycles. The van der Waals surface area contributed by atoms with E-state index in [1.165, 1.54) is 12.8 Å². The van der Waals surface area contributed by atoms with Crippen molar-refractivity contribution in [2.75, 3.05) is 0 Å². The Hall–Kier alpha value is -1.38. The number of phenols is 3. The van der Waals surface area contributed by atoms with E-state index in [0.717, 1.165) is 49.7 Å². The maximum atomic E-state index is 10.1. The number of hydrogen-bond donors (Lipinski definition) is 3. The molecule has 0 atom stereocenters. The van der Waals surface area contributed by atoms with Crippen LogP contribution >= 0.6 is 0 Å². The number of aromatic hydroxyl groups is 3. The van der Waals surface area contributed by atoms with E-state index in [1.54, 1.807) is 0 Å². The van der Waals surface area contributed by atoms with Crippen LogP contribution in [0.2, 0.25) is 0 Å². The number of hydrogen-bond acceptors (Lipinski definition) is 3. The number of benzene rings is 1. The second-order valence-corrected chi connectivity index (χ2v) is 8.82. The van der Waals surface area contributed by atoms with Gasteiger partial charge in [0.25, 0.3) is 0 Å². The molecule has 1 aromatic carbocycles. The maximum absolute atomic E-state index is 10.1. The molecule has 23 heavy (non-hydrogen) atoms. The molecule has 3 N–H and O–H groups in total. The van der Waals surface area contributed by atoms with Gasteiger partial charge in [-0.1, -0.05) is 27.7 Å². The summed E-state index contributed by atoms with van der Waals surface area (Å²) in [5, 5.41) is 30.2. The number of aryl methyl sites for hydroxylation is 2. The van der Waals surface area contributed by atoms with Crippen molar-refractivity contribution in [3.8, 4) is 17.2 Å². The first-order valence-corrected chi connectivity index (χ1v) is 8.87. The molecular weight excluding hydrogens is 288 g/mol. The van der Waals surface area contributed by atoms with Gasteiger partial charge < -0.3 is 15.3 Å². The lowest BCUT2D eigenvalue weighted by Gasteiger charge is -2.18. The Bertz CT molecular complexity index is 515. The molecule has 0 bridgehead atoms. The van der Waals surface area contributed by atoms with Gasteiger partial charge >= 0.3 is 0 Å². The van der Waals surface area contributed by atoms with Gasteiger partial charge in [-0.3, -0.25) is 0 Å². The Morgan fingerprint density at radius 2 is 1.43 bits per heavy atom. The third-order valence-electron chi connectivity index (χ3n) is 5.11. The lowest BCUT2D eigenvalue weighted by Crippen LogP contribution is -2.05. The Kier molecular flexibility index (Phi) is 5.17. The van der Waals surface area contributed by atoms with Crippen molar-refractivity contribution >= 4 is 0 Å². The lowest BCUT2D eigenvalue weighted by atomic mass is 9.88. The van der Waals surface area contributed by atoms with E-state index in [0.29, 0.717) is 5.41 Å². The van der Waals surface area contributed by atoms with Gasteiger partial charge in [0.05, 0.1) is 0 Å². The maximum Gasteiger partial charge on any atom is 0.200 e. The fourth-order valence-electron chi connectivity index (χ4n) is 3.12. The molecule has 0 saturated heterocycles. The van der Waals surface area contributed by atoms with Crippen molar-refractivity contribution < 1.29 is 15.3 Å². The van der Waals surface area contributed by atoms with E-state index in [2.05, 4.69) is 27.7 Å². The van der Waals surface area contributed by atoms with Gasteiger partial charge in [0.2, 0.25) is 5.75 Å². The molecule has 0 radical (unpaired) electrons. The topological polar surface area (TPSA) is 60.7 Å². The molecule has 0 unspecified atom stereocenters. The summed E-state index contributed by atoms with van der Waals surface area (Å²) in [4.78, 5) is 0. The van der Waals surface area contributed by atoms with Crippen molar-refractivity contribution in [1.82, 2.24) is 0 Å². The molecule has 3 nitrogen and oxygen atoms in total. The predicted molar refractivity (Wildman–Crippen MR) is 94.1 cm³/mol. The third kappa shape index (κ3) is 5.05. The first kappa shape index (κ1) is 18.0. The summed E-state index contributed by atoms with van der Waals surface area (Å²) in [6.07, 6.45) is 8.27. The van der Waals surface area contributed by atoms with Crippen LogP contribution in [-0.4, -0.2) is 15.3 Å². The molecule has 1 saturated carbocycles. The van der Waals surface area contributed by atoms with E-state index < -0.39 is 0 Å². The quantitative estimate of drug-likeness (QED) is 0.598. The van der Waals surface area contributed by atoms with Gasteiger partial charge in [-0.15, -0.1) is 0 Å². The van der Waals surface area contributed by atoms with Crippen molar-refractivity contribution in [1.29, 1.82) is 0 Å². The van der Waals surface area contributed by atoms with E-state index >= 15 is 0 Å². The zero-order valence-corrected chi connectivity index (χ0v) is 15.1. The fraction of sp³-hybridized carbons (Fsp3) is 0.700. The highest BCUT2D eigenvalue weighted by Gasteiger charge is 2.36. The van der Waals surface area contributed by atoms with Crippen LogP contribution in [0.4, 0.5) is 0 Å². The summed E-state index contributed by atoms with van der Waals surface area (Å²) in [5.41, 5.74) is 2.27. The highest BCUT2D eigenvalue weighted by atomic mass is 16.3. The average Bonchev–Trinajstić information content (AvgIpc) is 3.17. The summed E-state index contributed by atoms with van der Waals surface area (Å²) in [6, 6.07) is 1.88. The first-order chi connectivity index (χ1) is 10.6. The van der Waals surface area contributed by atoms with Crippen LogP contribution in [0.3, 0.4) is 0 Å². The van der Waals surface area contributed by atoms with Crippen LogP contribution in [0.5, 0.6) is 17.2 Å². The molecule has 0 aromatic heterocycles. The second kappa shape index (κ2) is 6.62. The van der Waals surface area contributed by atoms with Gasteiger partial charge in [-0.25, -0.2) is 0 Å². The Morgan fingerprint density at radius 1 is 0.913 bits per heavy atom. The molecule has 1 fully saturated rings. The van der Waals surface area contributed by atoms with Crippen LogP contribution < -0.4 is 0 Å². The SMILES string of the molecule is CC(C)(C)CCCc1cc(CCCC2(C)CC2)c(O)c(O)c1O. The standard InChI is InChI=1S/C20H32O3/c1-19(2,3)9-5-7-14-13-15(17(22)18(23)16(14)21)8-6-10-20(4)11-12-20/h13,21-23H,5-12H2,1-4H3. The van der Waals surface area contributed by atoms with Gasteiger partial charge in [0, 0.05) is 0 Å². The molecule has 130 valence electrons. The van der Waals surface area contributed by atoms with Gasteiger partial charge in [-0.2, -0.15) is 0 Å². The monoisotopic (exact) mass is 320 g/mol. The Labute approximate surface area is 140 Å². The average molecular weight is 320 g/mol. The second-order valence-electron chi connectivity index (χ2n) is 8.82. The molecule has 1 aromatic rings. The predicted octanol–water partition coefficient (Wildman–Crippen LogP) is 5.30. The highest BCUT2D eigenvalue weighted by molar-refractivity contribution is 5.57. The van der Waals surface area contributed by atoms with Crippen LogP contribution in [0.25, 0.3) is 0 Å². The minimum absolute atomic E-state index is 0.150. The molecule has 3 heteroatoms. The molecular formula is C20H32O3. The summed E-state index contributed by atoms with van der Waals surface area (Å²) in [5.74, 6) is -0.664. The van der Waals surface area contributed by atoms with Gasteiger partial charge in [0.15, 0.2) is 11.5 Å². The van der Waals surface area contributed by atoms with Crippen molar-refractivity contribution in [3.05, 3.63) is 17.2 Å². The van der Waals surface area contributed by atoms with Crippen LogP contribution in [0.1, 0.15) is 77.3 Å². The number of rotatable bonds is 7. The van der Waals surface area contributed by atoms with Gasteiger partial charge in [0.1, 0.15) is 0 Å². The summed E-state index contributed by atoms with van der Waals surface area (Å²) >= 11 is 0. The van der Waals surface area contributed by atoms with Crippen LogP contribution in [-0.2, 0) is 12.8 Å². The molecule has 0 aliphatic heterocycles. The van der Waals surface area contributed by atoms with Crippen molar-refractivity contribution in [2.24, 2.45) is 10.8 Å². The summed E-state index contributed by atoms with van der Waals surface area (Å²) in [7, 11) is 0. The molecule has 0 spiro atoms. The molecule has 2 rings (SSSR count). The normalized spacial score (nSPS) is 16.5. The largest absolute Gasteiger partial charge is 0.504 e.